The van der Waals surface area contributed by atoms with E-state index in [2.05, 4.69) is 17.6 Å². The topological polar surface area (TPSA) is 59.6 Å². The minimum atomic E-state index is -0.389. The van der Waals surface area contributed by atoms with Crippen LogP contribution in [0, 0.1) is 5.92 Å². The van der Waals surface area contributed by atoms with Crippen LogP contribution >= 0.6 is 0 Å². The van der Waals surface area contributed by atoms with Gasteiger partial charge in [0.15, 0.2) is 6.10 Å². The van der Waals surface area contributed by atoms with Crippen molar-refractivity contribution in [2.45, 2.75) is 45.3 Å². The maximum atomic E-state index is 11.8. The summed E-state index contributed by atoms with van der Waals surface area (Å²) >= 11 is 0. The number of carbonyl (C=O) groups is 1. The minimum absolute atomic E-state index is 0.0591. The fourth-order valence-corrected chi connectivity index (χ4v) is 3.13. The molecule has 1 amide bonds. The predicted octanol–water partition coefficient (Wildman–Crippen LogP) is 2.87. The van der Waals surface area contributed by atoms with Crippen LogP contribution in [0.15, 0.2) is 18.2 Å². The van der Waals surface area contributed by atoms with Crippen LogP contribution in [0.4, 0.5) is 5.69 Å². The highest BCUT2D eigenvalue weighted by molar-refractivity contribution is 5.97. The number of carbonyl (C=O) groups excluding carboxylic acids is 1. The van der Waals surface area contributed by atoms with Crippen molar-refractivity contribution in [3.8, 4) is 5.75 Å². The van der Waals surface area contributed by atoms with Crippen molar-refractivity contribution in [3.63, 3.8) is 0 Å². The highest BCUT2D eigenvalue weighted by atomic mass is 16.5. The van der Waals surface area contributed by atoms with Crippen molar-refractivity contribution in [1.82, 2.24) is 5.32 Å². The van der Waals surface area contributed by atoms with Crippen LogP contribution in [-0.4, -0.2) is 31.8 Å². The number of fused-ring (bicyclic) bond motifs is 1. The molecule has 0 aliphatic carbocycles. The van der Waals surface area contributed by atoms with E-state index in [1.54, 1.807) is 0 Å². The number of rotatable bonds is 5. The van der Waals surface area contributed by atoms with Crippen LogP contribution in [0.3, 0.4) is 0 Å². The lowest BCUT2D eigenvalue weighted by molar-refractivity contribution is -0.123. The van der Waals surface area contributed by atoms with E-state index >= 15 is 0 Å². The quantitative estimate of drug-likeness (QED) is 0.876. The Hall–Kier alpha value is -1.59. The summed E-state index contributed by atoms with van der Waals surface area (Å²) in [5.41, 5.74) is 1.93. The molecule has 1 aromatic rings. The molecule has 0 unspecified atom stereocenters. The number of nitrogens with one attached hydrogen (secondary N) is 2. The van der Waals surface area contributed by atoms with E-state index in [0.29, 0.717) is 12.3 Å². The lowest BCUT2D eigenvalue weighted by Crippen LogP contribution is -2.36. The van der Waals surface area contributed by atoms with Gasteiger partial charge in [0.25, 0.3) is 5.91 Å². The predicted molar refractivity (Wildman–Crippen MR) is 89.7 cm³/mol. The molecular weight excluding hydrogens is 292 g/mol. The minimum Gasteiger partial charge on any atom is -0.478 e. The van der Waals surface area contributed by atoms with Gasteiger partial charge < -0.3 is 20.1 Å². The van der Waals surface area contributed by atoms with E-state index in [9.17, 15) is 4.79 Å². The first-order valence-corrected chi connectivity index (χ1v) is 8.60. The zero-order valence-electron chi connectivity index (χ0n) is 13.9. The summed E-state index contributed by atoms with van der Waals surface area (Å²) in [4.78, 5) is 11.8. The molecule has 1 saturated heterocycles. The Kier molecular flexibility index (Phi) is 5.18. The number of hydrogen-bond acceptors (Lipinski definition) is 4. The molecule has 1 aromatic carbocycles. The summed E-state index contributed by atoms with van der Waals surface area (Å²) in [6.07, 6.45) is 2.67. The standard InChI is InChI=1S/C18H26N2O3/c1-3-16-18(21)20-15-7-6-14(9-17(15)23-16)12(2)19-10-13-5-4-8-22-11-13/h6-7,9,12-13,16,19H,3-5,8,10-11H2,1-2H3,(H,20,21)/t12-,13+,16+/m1/s1. The molecule has 3 atom stereocenters. The Bertz CT molecular complexity index is 555. The molecule has 126 valence electrons. The summed E-state index contributed by atoms with van der Waals surface area (Å²) in [6.45, 7) is 6.84. The van der Waals surface area contributed by atoms with Crippen molar-refractivity contribution < 1.29 is 14.3 Å². The third-order valence-electron chi connectivity index (χ3n) is 4.66. The average Bonchev–Trinajstić information content (AvgIpc) is 2.59. The normalized spacial score (nSPS) is 25.2. The van der Waals surface area contributed by atoms with E-state index in [1.807, 2.05) is 25.1 Å². The van der Waals surface area contributed by atoms with Gasteiger partial charge >= 0.3 is 0 Å². The zero-order chi connectivity index (χ0) is 16.2. The highest BCUT2D eigenvalue weighted by Gasteiger charge is 2.26. The molecule has 2 aliphatic rings. The summed E-state index contributed by atoms with van der Waals surface area (Å²) in [5.74, 6) is 1.31. The molecule has 3 rings (SSSR count). The molecule has 0 radical (unpaired) electrons. The number of hydrogen-bond donors (Lipinski definition) is 2. The van der Waals surface area contributed by atoms with Gasteiger partial charge in [-0.2, -0.15) is 0 Å². The fourth-order valence-electron chi connectivity index (χ4n) is 3.13. The second-order valence-corrected chi connectivity index (χ2v) is 6.47. The second-order valence-electron chi connectivity index (χ2n) is 6.47. The summed E-state index contributed by atoms with van der Waals surface area (Å²) in [5, 5.41) is 6.50. The molecule has 2 N–H and O–H groups in total. The Morgan fingerprint density at radius 1 is 1.43 bits per heavy atom. The molecule has 2 aliphatic heterocycles. The van der Waals surface area contributed by atoms with Crippen LogP contribution in [0.25, 0.3) is 0 Å². The van der Waals surface area contributed by atoms with Crippen molar-refractivity contribution >= 4 is 11.6 Å². The molecule has 0 bridgehead atoms. The summed E-state index contributed by atoms with van der Waals surface area (Å²) in [7, 11) is 0. The average molecular weight is 318 g/mol. The number of anilines is 1. The number of ether oxygens (including phenoxy) is 2. The van der Waals surface area contributed by atoms with Crippen LogP contribution in [0.2, 0.25) is 0 Å². The van der Waals surface area contributed by atoms with Crippen molar-refractivity contribution in [3.05, 3.63) is 23.8 Å². The number of amides is 1. The first-order valence-electron chi connectivity index (χ1n) is 8.60. The van der Waals surface area contributed by atoms with Gasteiger partial charge in [-0.15, -0.1) is 0 Å². The maximum absolute atomic E-state index is 11.8. The largest absolute Gasteiger partial charge is 0.478 e. The third kappa shape index (κ3) is 3.85. The summed E-state index contributed by atoms with van der Waals surface area (Å²) < 4.78 is 11.3. The van der Waals surface area contributed by atoms with Crippen LogP contribution < -0.4 is 15.4 Å². The molecule has 0 aromatic heterocycles. The van der Waals surface area contributed by atoms with Crippen LogP contribution in [-0.2, 0) is 9.53 Å². The monoisotopic (exact) mass is 318 g/mol. The molecule has 1 fully saturated rings. The SMILES string of the molecule is CC[C@@H]1Oc2cc([C@@H](C)NC[C@@H]3CCCOC3)ccc2NC1=O. The van der Waals surface area contributed by atoms with E-state index in [1.165, 1.54) is 12.0 Å². The molecular formula is C18H26N2O3. The first-order chi connectivity index (χ1) is 11.2. The Labute approximate surface area is 137 Å². The van der Waals surface area contributed by atoms with Crippen molar-refractivity contribution in [2.24, 2.45) is 5.92 Å². The fraction of sp³-hybridized carbons (Fsp3) is 0.611. The van der Waals surface area contributed by atoms with Gasteiger partial charge in [-0.1, -0.05) is 13.0 Å². The van der Waals surface area contributed by atoms with Gasteiger partial charge in [0, 0.05) is 19.2 Å². The third-order valence-corrected chi connectivity index (χ3v) is 4.66. The Morgan fingerprint density at radius 3 is 3.04 bits per heavy atom. The second kappa shape index (κ2) is 7.32. The molecule has 5 heteroatoms. The Morgan fingerprint density at radius 2 is 2.30 bits per heavy atom. The van der Waals surface area contributed by atoms with E-state index in [4.69, 9.17) is 9.47 Å². The molecule has 23 heavy (non-hydrogen) atoms. The van der Waals surface area contributed by atoms with Crippen molar-refractivity contribution in [2.75, 3.05) is 25.1 Å². The van der Waals surface area contributed by atoms with Crippen LogP contribution in [0.1, 0.15) is 44.7 Å². The van der Waals surface area contributed by atoms with Gasteiger partial charge in [0.05, 0.1) is 12.3 Å². The van der Waals surface area contributed by atoms with Crippen LogP contribution in [0.5, 0.6) is 5.75 Å². The van der Waals surface area contributed by atoms with Gasteiger partial charge in [0.1, 0.15) is 5.75 Å². The lowest BCUT2D eigenvalue weighted by atomic mass is 10.0. The molecule has 2 heterocycles. The molecule has 5 nitrogen and oxygen atoms in total. The molecule has 0 saturated carbocycles. The zero-order valence-corrected chi connectivity index (χ0v) is 13.9. The first kappa shape index (κ1) is 16.3. The summed E-state index contributed by atoms with van der Waals surface area (Å²) in [6, 6.07) is 6.25. The van der Waals surface area contributed by atoms with Gasteiger partial charge in [0.2, 0.25) is 0 Å². The Balaban J connectivity index is 1.62. The molecule has 0 spiro atoms. The van der Waals surface area contributed by atoms with Crippen molar-refractivity contribution in [1.29, 1.82) is 0 Å². The maximum Gasteiger partial charge on any atom is 0.265 e. The highest BCUT2D eigenvalue weighted by Crippen LogP contribution is 2.33. The van der Waals surface area contributed by atoms with Gasteiger partial charge in [-0.25, -0.2) is 0 Å². The van der Waals surface area contributed by atoms with E-state index < -0.39 is 0 Å². The number of benzene rings is 1. The smallest absolute Gasteiger partial charge is 0.265 e. The van der Waals surface area contributed by atoms with E-state index in [-0.39, 0.29) is 18.1 Å². The lowest BCUT2D eigenvalue weighted by Gasteiger charge is -2.27. The van der Waals surface area contributed by atoms with E-state index in [0.717, 1.165) is 37.6 Å². The van der Waals surface area contributed by atoms with Gasteiger partial charge in [-0.05, 0) is 49.8 Å². The van der Waals surface area contributed by atoms with Gasteiger partial charge in [-0.3, -0.25) is 4.79 Å².